The van der Waals surface area contributed by atoms with Gasteiger partial charge in [0.25, 0.3) is 0 Å². The third-order valence-electron chi connectivity index (χ3n) is 2.06. The molecule has 0 aliphatic heterocycles. The smallest absolute Gasteiger partial charge is 0.224 e. The van der Waals surface area contributed by atoms with Crippen LogP contribution in [0.5, 0.6) is 0 Å². The van der Waals surface area contributed by atoms with E-state index in [0.29, 0.717) is 16.9 Å². The van der Waals surface area contributed by atoms with Gasteiger partial charge in [-0.3, -0.25) is 0 Å². The van der Waals surface area contributed by atoms with Crippen LogP contribution in [0.4, 0.5) is 5.82 Å². The Morgan fingerprint density at radius 1 is 1.40 bits per heavy atom. The molecule has 0 fully saturated rings. The monoisotopic (exact) mass is 247 g/mol. The van der Waals surface area contributed by atoms with E-state index in [0.717, 1.165) is 13.0 Å². The molecule has 0 aliphatic rings. The number of hydrogen-bond donors (Lipinski definition) is 0. The first-order valence-electron chi connectivity index (χ1n) is 5.01. The maximum atomic E-state index is 6.05. The van der Waals surface area contributed by atoms with E-state index >= 15 is 0 Å². The van der Waals surface area contributed by atoms with Crippen molar-refractivity contribution >= 4 is 29.0 Å². The molecule has 1 aromatic heterocycles. The van der Waals surface area contributed by atoms with Crippen LogP contribution in [0, 0.1) is 0 Å². The zero-order valence-corrected chi connectivity index (χ0v) is 10.7. The maximum absolute atomic E-state index is 6.05. The molecule has 0 bridgehead atoms. The molecule has 0 radical (unpaired) electrons. The van der Waals surface area contributed by atoms with E-state index < -0.39 is 0 Å². The summed E-state index contributed by atoms with van der Waals surface area (Å²) in [6.45, 7) is 7.22. The molecule has 0 spiro atoms. The van der Waals surface area contributed by atoms with Gasteiger partial charge in [-0.05, 0) is 31.9 Å². The van der Waals surface area contributed by atoms with Gasteiger partial charge in [0.2, 0.25) is 5.28 Å². The largest absolute Gasteiger partial charge is 0.353 e. The maximum Gasteiger partial charge on any atom is 0.224 e. The number of anilines is 1. The minimum absolute atomic E-state index is 0.233. The Bertz CT molecular complexity index is 328. The van der Waals surface area contributed by atoms with Crippen molar-refractivity contribution in [2.75, 3.05) is 11.4 Å². The Kier molecular flexibility index (Phi) is 4.61. The summed E-state index contributed by atoms with van der Waals surface area (Å²) in [4.78, 5) is 10.1. The van der Waals surface area contributed by atoms with Crippen LogP contribution in [0.2, 0.25) is 10.3 Å². The van der Waals surface area contributed by atoms with Crippen LogP contribution < -0.4 is 4.90 Å². The van der Waals surface area contributed by atoms with E-state index in [2.05, 4.69) is 35.6 Å². The Morgan fingerprint density at radius 3 is 2.60 bits per heavy atom. The predicted molar refractivity (Wildman–Crippen MR) is 64.8 cm³/mol. The number of rotatable bonds is 4. The lowest BCUT2D eigenvalue weighted by Crippen LogP contribution is -2.32. The Labute approximate surface area is 100 Å². The molecule has 1 heterocycles. The number of aromatic nitrogens is 2. The van der Waals surface area contributed by atoms with Gasteiger partial charge in [-0.25, -0.2) is 4.98 Å². The number of hydrogen-bond acceptors (Lipinski definition) is 3. The van der Waals surface area contributed by atoms with Crippen LogP contribution in [0.3, 0.4) is 0 Å². The van der Waals surface area contributed by atoms with Crippen LogP contribution >= 0.6 is 23.2 Å². The van der Waals surface area contributed by atoms with Gasteiger partial charge in [0.1, 0.15) is 5.02 Å². The molecule has 0 N–H and O–H groups in total. The van der Waals surface area contributed by atoms with Gasteiger partial charge in [-0.1, -0.05) is 18.5 Å². The van der Waals surface area contributed by atoms with E-state index in [1.54, 1.807) is 0 Å². The van der Waals surface area contributed by atoms with Crippen molar-refractivity contribution in [2.45, 2.75) is 33.2 Å². The van der Waals surface area contributed by atoms with Crippen LogP contribution in [0.25, 0.3) is 0 Å². The molecule has 0 atom stereocenters. The highest BCUT2D eigenvalue weighted by Crippen LogP contribution is 2.25. The van der Waals surface area contributed by atoms with Crippen molar-refractivity contribution in [3.05, 3.63) is 16.5 Å². The van der Waals surface area contributed by atoms with Gasteiger partial charge >= 0.3 is 0 Å². The van der Waals surface area contributed by atoms with E-state index in [4.69, 9.17) is 23.2 Å². The van der Waals surface area contributed by atoms with E-state index in [9.17, 15) is 0 Å². The molecule has 0 saturated heterocycles. The average molecular weight is 248 g/mol. The molecule has 1 rings (SSSR count). The second-order valence-electron chi connectivity index (χ2n) is 3.60. The van der Waals surface area contributed by atoms with Crippen LogP contribution in [0.15, 0.2) is 6.20 Å². The van der Waals surface area contributed by atoms with Crippen molar-refractivity contribution in [3.8, 4) is 0 Å². The third-order valence-corrected chi connectivity index (χ3v) is 2.50. The van der Waals surface area contributed by atoms with E-state index in [1.165, 1.54) is 6.20 Å². The third kappa shape index (κ3) is 3.21. The summed E-state index contributed by atoms with van der Waals surface area (Å²) >= 11 is 11.8. The Hall–Kier alpha value is -0.540. The molecule has 0 unspecified atom stereocenters. The lowest BCUT2D eigenvalue weighted by Gasteiger charge is -2.27. The minimum Gasteiger partial charge on any atom is -0.353 e. The first-order valence-corrected chi connectivity index (χ1v) is 5.76. The van der Waals surface area contributed by atoms with Crippen molar-refractivity contribution in [1.29, 1.82) is 0 Å². The molecule has 0 amide bonds. The van der Waals surface area contributed by atoms with Crippen molar-refractivity contribution in [2.24, 2.45) is 0 Å². The predicted octanol–water partition coefficient (Wildman–Crippen LogP) is 3.41. The molecule has 15 heavy (non-hydrogen) atoms. The SMILES string of the molecule is CCCN(c1nc(Cl)ncc1Cl)C(C)C. The molecule has 0 aromatic carbocycles. The fourth-order valence-electron chi connectivity index (χ4n) is 1.39. The zero-order chi connectivity index (χ0) is 11.4. The standard InChI is InChI=1S/C10H15Cl2N3/c1-4-5-15(7(2)3)9-8(11)6-13-10(12)14-9/h6-7H,4-5H2,1-3H3. The summed E-state index contributed by atoms with van der Waals surface area (Å²) in [5.74, 6) is 0.716. The lowest BCUT2D eigenvalue weighted by molar-refractivity contribution is 0.661. The summed E-state index contributed by atoms with van der Waals surface area (Å²) in [6, 6.07) is 0.341. The van der Waals surface area contributed by atoms with E-state index in [-0.39, 0.29) is 5.28 Å². The Morgan fingerprint density at radius 2 is 2.07 bits per heavy atom. The second-order valence-corrected chi connectivity index (χ2v) is 4.34. The molecule has 5 heteroatoms. The summed E-state index contributed by atoms with van der Waals surface area (Å²) in [5.41, 5.74) is 0. The first-order chi connectivity index (χ1) is 7.06. The fraction of sp³-hybridized carbons (Fsp3) is 0.600. The zero-order valence-electron chi connectivity index (χ0n) is 9.17. The summed E-state index contributed by atoms with van der Waals surface area (Å²) in [5, 5.41) is 0.776. The van der Waals surface area contributed by atoms with Gasteiger partial charge in [0.05, 0.1) is 6.20 Å². The topological polar surface area (TPSA) is 29.0 Å². The van der Waals surface area contributed by atoms with Gasteiger partial charge < -0.3 is 4.90 Å². The van der Waals surface area contributed by atoms with Gasteiger partial charge in [-0.15, -0.1) is 0 Å². The summed E-state index contributed by atoms with van der Waals surface area (Å²) in [6.07, 6.45) is 2.58. The van der Waals surface area contributed by atoms with Crippen molar-refractivity contribution < 1.29 is 0 Å². The normalized spacial score (nSPS) is 10.8. The van der Waals surface area contributed by atoms with Crippen LogP contribution in [-0.2, 0) is 0 Å². The van der Waals surface area contributed by atoms with Crippen molar-refractivity contribution in [3.63, 3.8) is 0 Å². The fourth-order valence-corrected chi connectivity index (χ4v) is 1.72. The first kappa shape index (κ1) is 12.5. The van der Waals surface area contributed by atoms with Crippen LogP contribution in [0.1, 0.15) is 27.2 Å². The molecule has 3 nitrogen and oxygen atoms in total. The molecule has 1 aromatic rings. The summed E-state index contributed by atoms with van der Waals surface area (Å²) < 4.78 is 0. The van der Waals surface area contributed by atoms with Gasteiger partial charge in [-0.2, -0.15) is 4.98 Å². The molecular weight excluding hydrogens is 233 g/mol. The van der Waals surface area contributed by atoms with Crippen molar-refractivity contribution in [1.82, 2.24) is 9.97 Å². The Balaban J connectivity index is 3.04. The molecule has 0 aliphatic carbocycles. The molecule has 0 saturated carbocycles. The van der Waals surface area contributed by atoms with Gasteiger partial charge in [0, 0.05) is 12.6 Å². The molecular formula is C10H15Cl2N3. The summed E-state index contributed by atoms with van der Waals surface area (Å²) in [7, 11) is 0. The number of nitrogens with zero attached hydrogens (tertiary/aromatic N) is 3. The van der Waals surface area contributed by atoms with Crippen LogP contribution in [-0.4, -0.2) is 22.6 Å². The second kappa shape index (κ2) is 5.52. The lowest BCUT2D eigenvalue weighted by atomic mass is 10.3. The highest BCUT2D eigenvalue weighted by atomic mass is 35.5. The van der Waals surface area contributed by atoms with E-state index in [1.807, 2.05) is 0 Å². The minimum atomic E-state index is 0.233. The molecule has 84 valence electrons. The average Bonchev–Trinajstić information content (AvgIpc) is 2.18. The quantitative estimate of drug-likeness (QED) is 0.764. The highest BCUT2D eigenvalue weighted by Gasteiger charge is 2.15. The highest BCUT2D eigenvalue weighted by molar-refractivity contribution is 6.33. The van der Waals surface area contributed by atoms with Gasteiger partial charge in [0.15, 0.2) is 5.82 Å². The number of halogens is 2.